The highest BCUT2D eigenvalue weighted by molar-refractivity contribution is 5.83. The summed E-state index contributed by atoms with van der Waals surface area (Å²) in [5, 5.41) is 16.2. The molecule has 0 fully saturated rings. The first-order valence-electron chi connectivity index (χ1n) is 3.86. The van der Waals surface area contributed by atoms with Gasteiger partial charge in [-0.15, -0.1) is 0 Å². The van der Waals surface area contributed by atoms with Crippen LogP contribution in [-0.2, 0) is 4.74 Å². The Balaban J connectivity index is 2.93. The molecule has 0 spiro atoms. The molecule has 0 aliphatic rings. The summed E-state index contributed by atoms with van der Waals surface area (Å²) in [6.45, 7) is 0. The zero-order chi connectivity index (χ0) is 9.68. The minimum Gasteiger partial charge on any atom is -0.483 e. The summed E-state index contributed by atoms with van der Waals surface area (Å²) in [5.41, 5.74) is 0.789. The lowest BCUT2D eigenvalue weighted by molar-refractivity contribution is 0.385. The minimum atomic E-state index is -0.591. The number of hydrogen-bond donors (Lipinski definition) is 1. The Bertz CT molecular complexity index is 327. The molecule has 0 aromatic heterocycles. The largest absolute Gasteiger partial charge is 0.483 e. The molecule has 1 N–H and O–H groups in total. The van der Waals surface area contributed by atoms with Crippen molar-refractivity contribution in [2.24, 2.45) is 0 Å². The topological polar surface area (TPSA) is 56.9 Å². The Kier molecular flexibility index (Phi) is 3.04. The summed E-state index contributed by atoms with van der Waals surface area (Å²) in [7, 11) is 1.40. The van der Waals surface area contributed by atoms with E-state index in [1.165, 1.54) is 7.11 Å². The molecule has 3 heteroatoms. The predicted molar refractivity (Wildman–Crippen MR) is 49.5 cm³/mol. The van der Waals surface area contributed by atoms with Crippen LogP contribution in [0.2, 0.25) is 0 Å². The van der Waals surface area contributed by atoms with Gasteiger partial charge >= 0.3 is 0 Å². The van der Waals surface area contributed by atoms with Crippen molar-refractivity contribution in [3.8, 4) is 6.07 Å². The quantitative estimate of drug-likeness (QED) is 0.550. The predicted octanol–water partition coefficient (Wildman–Crippen LogP) is 1.92. The first-order valence-corrected chi connectivity index (χ1v) is 3.86. The van der Waals surface area contributed by atoms with Crippen LogP contribution in [0.3, 0.4) is 0 Å². The van der Waals surface area contributed by atoms with E-state index in [2.05, 4.69) is 0 Å². The average molecular weight is 174 g/mol. The van der Waals surface area contributed by atoms with Gasteiger partial charge in [0.2, 0.25) is 5.90 Å². The van der Waals surface area contributed by atoms with Crippen LogP contribution in [0.1, 0.15) is 11.5 Å². The lowest BCUT2D eigenvalue weighted by Gasteiger charge is -2.08. The van der Waals surface area contributed by atoms with Crippen molar-refractivity contribution >= 4 is 5.90 Å². The first kappa shape index (κ1) is 9.27. The third-order valence-electron chi connectivity index (χ3n) is 1.74. The fraction of sp³-hybridized carbons (Fsp3) is 0.200. The van der Waals surface area contributed by atoms with Crippen molar-refractivity contribution < 1.29 is 4.74 Å². The molecule has 1 unspecified atom stereocenters. The standard InChI is InChI=1S/C10H10N2O/c1-13-10(12)9(7-11)8-5-3-2-4-6-8/h2-6,9,12H,1H3. The Morgan fingerprint density at radius 2 is 2.08 bits per heavy atom. The zero-order valence-electron chi connectivity index (χ0n) is 7.32. The van der Waals surface area contributed by atoms with E-state index < -0.39 is 5.92 Å². The Hall–Kier alpha value is -1.82. The molecule has 66 valence electrons. The molecule has 13 heavy (non-hydrogen) atoms. The SMILES string of the molecule is COC(=N)C(C#N)c1ccccc1. The summed E-state index contributed by atoms with van der Waals surface area (Å²) < 4.78 is 4.72. The zero-order valence-corrected chi connectivity index (χ0v) is 7.32. The van der Waals surface area contributed by atoms with Crippen LogP contribution in [0.15, 0.2) is 30.3 Å². The second-order valence-corrected chi connectivity index (χ2v) is 2.54. The van der Waals surface area contributed by atoms with Crippen LogP contribution in [-0.4, -0.2) is 13.0 Å². The molecule has 1 rings (SSSR count). The summed E-state index contributed by atoms with van der Waals surface area (Å²) in [6, 6.07) is 11.2. The molecule has 1 aromatic carbocycles. The molecular weight excluding hydrogens is 164 g/mol. The van der Waals surface area contributed by atoms with E-state index in [1.807, 2.05) is 24.3 Å². The molecule has 3 nitrogen and oxygen atoms in total. The summed E-state index contributed by atoms with van der Waals surface area (Å²) in [5.74, 6) is -0.611. The van der Waals surface area contributed by atoms with E-state index in [-0.39, 0.29) is 5.90 Å². The van der Waals surface area contributed by atoms with E-state index >= 15 is 0 Å². The highest BCUT2D eigenvalue weighted by Gasteiger charge is 2.16. The van der Waals surface area contributed by atoms with Crippen molar-refractivity contribution in [1.29, 1.82) is 10.7 Å². The number of methoxy groups -OCH3 is 1. The van der Waals surface area contributed by atoms with Gasteiger partial charge in [-0.1, -0.05) is 30.3 Å². The number of benzene rings is 1. The molecule has 0 bridgehead atoms. The number of nitriles is 1. The van der Waals surface area contributed by atoms with Gasteiger partial charge in [0.1, 0.15) is 5.92 Å². The highest BCUT2D eigenvalue weighted by atomic mass is 16.5. The maximum atomic E-state index is 8.81. The molecule has 0 radical (unpaired) electrons. The van der Waals surface area contributed by atoms with Gasteiger partial charge < -0.3 is 4.74 Å². The smallest absolute Gasteiger partial charge is 0.202 e. The van der Waals surface area contributed by atoms with Gasteiger partial charge in [0.25, 0.3) is 0 Å². The Morgan fingerprint density at radius 1 is 1.46 bits per heavy atom. The van der Waals surface area contributed by atoms with Gasteiger partial charge in [0.05, 0.1) is 13.2 Å². The van der Waals surface area contributed by atoms with Gasteiger partial charge in [0, 0.05) is 0 Å². The fourth-order valence-corrected chi connectivity index (χ4v) is 1.05. The third kappa shape index (κ3) is 2.06. The van der Waals surface area contributed by atoms with Crippen LogP contribution in [0.5, 0.6) is 0 Å². The Morgan fingerprint density at radius 3 is 2.54 bits per heavy atom. The number of hydrogen-bond acceptors (Lipinski definition) is 3. The normalized spacial score (nSPS) is 11.4. The van der Waals surface area contributed by atoms with Crippen molar-refractivity contribution in [3.05, 3.63) is 35.9 Å². The van der Waals surface area contributed by atoms with Crippen molar-refractivity contribution in [2.45, 2.75) is 5.92 Å². The molecule has 1 atom stereocenters. The van der Waals surface area contributed by atoms with Gasteiger partial charge in [-0.25, -0.2) is 0 Å². The second kappa shape index (κ2) is 4.27. The Labute approximate surface area is 77.1 Å². The van der Waals surface area contributed by atoms with Crippen molar-refractivity contribution in [3.63, 3.8) is 0 Å². The molecule has 0 heterocycles. The van der Waals surface area contributed by atoms with E-state index in [1.54, 1.807) is 12.1 Å². The molecule has 0 aliphatic carbocycles. The molecule has 0 aliphatic heterocycles. The average Bonchev–Trinajstić information content (AvgIpc) is 2.20. The first-order chi connectivity index (χ1) is 6.29. The lowest BCUT2D eigenvalue weighted by atomic mass is 10.0. The van der Waals surface area contributed by atoms with Gasteiger partial charge in [-0.2, -0.15) is 5.26 Å². The fourth-order valence-electron chi connectivity index (χ4n) is 1.05. The highest BCUT2D eigenvalue weighted by Crippen LogP contribution is 2.15. The van der Waals surface area contributed by atoms with E-state index in [0.717, 1.165) is 5.56 Å². The van der Waals surface area contributed by atoms with E-state index in [4.69, 9.17) is 15.4 Å². The van der Waals surface area contributed by atoms with Gasteiger partial charge in [-0.05, 0) is 5.56 Å². The molecule has 0 amide bonds. The summed E-state index contributed by atoms with van der Waals surface area (Å²) in [4.78, 5) is 0. The van der Waals surface area contributed by atoms with E-state index in [0.29, 0.717) is 0 Å². The van der Waals surface area contributed by atoms with Crippen LogP contribution in [0, 0.1) is 16.7 Å². The number of ether oxygens (including phenoxy) is 1. The molecule has 0 saturated carbocycles. The second-order valence-electron chi connectivity index (χ2n) is 2.54. The summed E-state index contributed by atoms with van der Waals surface area (Å²) in [6.07, 6.45) is 0. The van der Waals surface area contributed by atoms with Crippen LogP contribution in [0.25, 0.3) is 0 Å². The van der Waals surface area contributed by atoms with Crippen LogP contribution >= 0.6 is 0 Å². The number of nitrogens with zero attached hydrogens (tertiary/aromatic N) is 1. The van der Waals surface area contributed by atoms with E-state index in [9.17, 15) is 0 Å². The molecule has 0 saturated heterocycles. The van der Waals surface area contributed by atoms with Gasteiger partial charge in [0.15, 0.2) is 0 Å². The van der Waals surface area contributed by atoms with Crippen molar-refractivity contribution in [2.75, 3.05) is 7.11 Å². The van der Waals surface area contributed by atoms with Gasteiger partial charge in [-0.3, -0.25) is 5.41 Å². The van der Waals surface area contributed by atoms with Crippen molar-refractivity contribution in [1.82, 2.24) is 0 Å². The molecule has 1 aromatic rings. The van der Waals surface area contributed by atoms with Crippen LogP contribution < -0.4 is 0 Å². The third-order valence-corrected chi connectivity index (χ3v) is 1.74. The monoisotopic (exact) mass is 174 g/mol. The minimum absolute atomic E-state index is 0.0197. The summed E-state index contributed by atoms with van der Waals surface area (Å²) >= 11 is 0. The van der Waals surface area contributed by atoms with Crippen LogP contribution in [0.4, 0.5) is 0 Å². The maximum absolute atomic E-state index is 8.81. The lowest BCUT2D eigenvalue weighted by Crippen LogP contribution is -2.11. The number of nitrogens with one attached hydrogen (secondary N) is 1. The molecular formula is C10H10N2O. The maximum Gasteiger partial charge on any atom is 0.202 e. The number of rotatable bonds is 2.